The number of hydrogen-bond acceptors (Lipinski definition) is 4. The summed E-state index contributed by atoms with van der Waals surface area (Å²) in [6.07, 6.45) is 1.27. The molecule has 0 heterocycles. The van der Waals surface area contributed by atoms with Crippen LogP contribution in [0.3, 0.4) is 0 Å². The third kappa shape index (κ3) is 4.56. The third-order valence-corrected chi connectivity index (χ3v) is 3.06. The summed E-state index contributed by atoms with van der Waals surface area (Å²) >= 11 is 0. The molecule has 0 aliphatic rings. The fourth-order valence-corrected chi connectivity index (χ4v) is 2.04. The van der Waals surface area contributed by atoms with Gasteiger partial charge < -0.3 is 9.47 Å². The van der Waals surface area contributed by atoms with E-state index in [-0.39, 0.29) is 17.4 Å². The van der Waals surface area contributed by atoms with Crippen molar-refractivity contribution in [2.75, 3.05) is 6.61 Å². The summed E-state index contributed by atoms with van der Waals surface area (Å²) in [6, 6.07) is 11.9. The first-order chi connectivity index (χ1) is 11.5. The van der Waals surface area contributed by atoms with E-state index in [1.807, 2.05) is 26.8 Å². The Bertz CT molecular complexity index is 762. The van der Waals surface area contributed by atoms with Gasteiger partial charge in [0.2, 0.25) is 0 Å². The van der Waals surface area contributed by atoms with Crippen LogP contribution in [0.1, 0.15) is 31.9 Å². The maximum absolute atomic E-state index is 14.6. The highest BCUT2D eigenvalue weighted by atomic mass is 19.1. The molecule has 4 nitrogen and oxygen atoms in total. The largest absolute Gasteiger partial charge is 0.494 e. The molecule has 0 bridgehead atoms. The lowest BCUT2D eigenvalue weighted by molar-refractivity contribution is 0.229. The van der Waals surface area contributed by atoms with Gasteiger partial charge in [-0.1, -0.05) is 0 Å². The molecule has 2 aromatic carbocycles. The van der Waals surface area contributed by atoms with E-state index in [1.54, 1.807) is 30.3 Å². The van der Waals surface area contributed by atoms with E-state index in [9.17, 15) is 4.39 Å². The Labute approximate surface area is 141 Å². The van der Waals surface area contributed by atoms with Crippen molar-refractivity contribution in [1.82, 2.24) is 0 Å². The SMILES string of the molecule is CCOc1cc(/C=N/c2ccc(C#N)cc2)c(F)c(OC(C)C)c1. The van der Waals surface area contributed by atoms with Crippen molar-refractivity contribution in [1.29, 1.82) is 5.26 Å². The van der Waals surface area contributed by atoms with Crippen LogP contribution in [0.15, 0.2) is 41.4 Å². The molecule has 0 saturated heterocycles. The summed E-state index contributed by atoms with van der Waals surface area (Å²) in [6.45, 7) is 5.99. The molecule has 0 aromatic heterocycles. The van der Waals surface area contributed by atoms with Gasteiger partial charge in [0.1, 0.15) is 5.75 Å². The standard InChI is InChI=1S/C19H19FN2O2/c1-4-23-17-9-15(19(20)18(10-17)24-13(2)3)12-22-16-7-5-14(11-21)6-8-16/h5-10,12-13H,4H2,1-3H3/b22-12+. The minimum absolute atomic E-state index is 0.136. The van der Waals surface area contributed by atoms with Gasteiger partial charge in [0, 0.05) is 17.8 Å². The molecule has 0 radical (unpaired) electrons. The summed E-state index contributed by atoms with van der Waals surface area (Å²) in [4.78, 5) is 4.25. The highest BCUT2D eigenvalue weighted by Crippen LogP contribution is 2.28. The van der Waals surface area contributed by atoms with Gasteiger partial charge in [0.25, 0.3) is 0 Å². The van der Waals surface area contributed by atoms with Crippen molar-refractivity contribution in [2.24, 2.45) is 4.99 Å². The Kier molecular flexibility index (Phi) is 5.91. The predicted octanol–water partition coefficient (Wildman–Crippen LogP) is 4.63. The molecule has 0 aliphatic carbocycles. The quantitative estimate of drug-likeness (QED) is 0.727. The van der Waals surface area contributed by atoms with Crippen molar-refractivity contribution in [3.8, 4) is 17.6 Å². The molecule has 0 aliphatic heterocycles. The van der Waals surface area contributed by atoms with Crippen LogP contribution in [0.25, 0.3) is 0 Å². The zero-order valence-electron chi connectivity index (χ0n) is 13.9. The molecule has 5 heteroatoms. The number of rotatable bonds is 6. The molecule has 24 heavy (non-hydrogen) atoms. The maximum Gasteiger partial charge on any atom is 0.174 e. The topological polar surface area (TPSA) is 54.6 Å². The molecule has 0 fully saturated rings. The Morgan fingerprint density at radius 2 is 1.96 bits per heavy atom. The first kappa shape index (κ1) is 17.5. The predicted molar refractivity (Wildman–Crippen MR) is 91.7 cm³/mol. The van der Waals surface area contributed by atoms with Crippen LogP contribution in [-0.4, -0.2) is 18.9 Å². The zero-order chi connectivity index (χ0) is 17.5. The van der Waals surface area contributed by atoms with Gasteiger partial charge in [0.05, 0.1) is 30.0 Å². The summed E-state index contributed by atoms with van der Waals surface area (Å²) < 4.78 is 25.5. The van der Waals surface area contributed by atoms with Crippen LogP contribution in [-0.2, 0) is 0 Å². The minimum Gasteiger partial charge on any atom is -0.494 e. The number of ether oxygens (including phenoxy) is 2. The number of halogens is 1. The monoisotopic (exact) mass is 326 g/mol. The second-order valence-corrected chi connectivity index (χ2v) is 5.34. The molecule has 0 N–H and O–H groups in total. The highest BCUT2D eigenvalue weighted by Gasteiger charge is 2.13. The normalized spacial score (nSPS) is 10.8. The van der Waals surface area contributed by atoms with Gasteiger partial charge in [-0.25, -0.2) is 4.39 Å². The van der Waals surface area contributed by atoms with Crippen molar-refractivity contribution < 1.29 is 13.9 Å². The van der Waals surface area contributed by atoms with Crippen LogP contribution in [0.2, 0.25) is 0 Å². The summed E-state index contributed by atoms with van der Waals surface area (Å²) in [5.41, 5.74) is 1.45. The molecular weight excluding hydrogens is 307 g/mol. The summed E-state index contributed by atoms with van der Waals surface area (Å²) in [5, 5.41) is 8.79. The van der Waals surface area contributed by atoms with Gasteiger partial charge in [-0.05, 0) is 51.1 Å². The van der Waals surface area contributed by atoms with Crippen molar-refractivity contribution >= 4 is 11.9 Å². The molecule has 0 spiro atoms. The van der Waals surface area contributed by atoms with Crippen LogP contribution < -0.4 is 9.47 Å². The molecule has 0 atom stereocenters. The maximum atomic E-state index is 14.6. The molecule has 0 saturated carbocycles. The Hall–Kier alpha value is -2.87. The number of benzene rings is 2. The minimum atomic E-state index is -0.482. The van der Waals surface area contributed by atoms with E-state index in [0.29, 0.717) is 23.6 Å². The third-order valence-electron chi connectivity index (χ3n) is 3.06. The summed E-state index contributed by atoms with van der Waals surface area (Å²) in [7, 11) is 0. The fourth-order valence-electron chi connectivity index (χ4n) is 2.04. The van der Waals surface area contributed by atoms with Crippen LogP contribution >= 0.6 is 0 Å². The summed E-state index contributed by atoms with van der Waals surface area (Å²) in [5.74, 6) is 0.178. The van der Waals surface area contributed by atoms with Crippen molar-refractivity contribution in [2.45, 2.75) is 26.9 Å². The molecule has 0 unspecified atom stereocenters. The first-order valence-corrected chi connectivity index (χ1v) is 7.70. The lowest BCUT2D eigenvalue weighted by Gasteiger charge is -2.14. The van der Waals surface area contributed by atoms with E-state index < -0.39 is 5.82 Å². The van der Waals surface area contributed by atoms with E-state index in [4.69, 9.17) is 14.7 Å². The molecular formula is C19H19FN2O2. The van der Waals surface area contributed by atoms with Crippen LogP contribution in [0, 0.1) is 17.1 Å². The van der Waals surface area contributed by atoms with Crippen LogP contribution in [0.5, 0.6) is 11.5 Å². The average Bonchev–Trinajstić information content (AvgIpc) is 2.56. The molecule has 124 valence electrons. The van der Waals surface area contributed by atoms with Gasteiger partial charge in [-0.15, -0.1) is 0 Å². The number of nitrogens with zero attached hydrogens (tertiary/aromatic N) is 2. The lowest BCUT2D eigenvalue weighted by atomic mass is 10.2. The second kappa shape index (κ2) is 8.11. The number of nitriles is 1. The van der Waals surface area contributed by atoms with Gasteiger partial charge in [-0.3, -0.25) is 4.99 Å². The number of hydrogen-bond donors (Lipinski definition) is 0. The van der Waals surface area contributed by atoms with E-state index in [0.717, 1.165) is 0 Å². The van der Waals surface area contributed by atoms with Gasteiger partial charge >= 0.3 is 0 Å². The zero-order valence-corrected chi connectivity index (χ0v) is 13.9. The Morgan fingerprint density at radius 1 is 1.25 bits per heavy atom. The molecule has 0 amide bonds. The molecule has 2 rings (SSSR count). The van der Waals surface area contributed by atoms with Gasteiger partial charge in [-0.2, -0.15) is 5.26 Å². The van der Waals surface area contributed by atoms with E-state index in [2.05, 4.69) is 4.99 Å². The van der Waals surface area contributed by atoms with E-state index in [1.165, 1.54) is 12.3 Å². The smallest absolute Gasteiger partial charge is 0.174 e. The lowest BCUT2D eigenvalue weighted by Crippen LogP contribution is -2.08. The Morgan fingerprint density at radius 3 is 2.54 bits per heavy atom. The average molecular weight is 326 g/mol. The van der Waals surface area contributed by atoms with Crippen molar-refractivity contribution in [3.05, 3.63) is 53.3 Å². The van der Waals surface area contributed by atoms with Crippen LogP contribution in [0.4, 0.5) is 10.1 Å². The second-order valence-electron chi connectivity index (χ2n) is 5.34. The Balaban J connectivity index is 2.34. The highest BCUT2D eigenvalue weighted by molar-refractivity contribution is 5.83. The van der Waals surface area contributed by atoms with Crippen molar-refractivity contribution in [3.63, 3.8) is 0 Å². The fraction of sp³-hybridized carbons (Fsp3) is 0.263. The first-order valence-electron chi connectivity index (χ1n) is 7.70. The molecule has 2 aromatic rings. The van der Waals surface area contributed by atoms with Gasteiger partial charge in [0.15, 0.2) is 11.6 Å². The number of aliphatic imine (C=N–C) groups is 1. The van der Waals surface area contributed by atoms with E-state index >= 15 is 0 Å².